The smallest absolute Gasteiger partial charge is 0.227 e. The van der Waals surface area contributed by atoms with Gasteiger partial charge in [-0.2, -0.15) is 0 Å². The van der Waals surface area contributed by atoms with E-state index in [2.05, 4.69) is 16.7 Å². The van der Waals surface area contributed by atoms with Crippen LogP contribution in [0.25, 0.3) is 0 Å². The van der Waals surface area contributed by atoms with Gasteiger partial charge in [0.1, 0.15) is 5.75 Å². The van der Waals surface area contributed by atoms with Gasteiger partial charge >= 0.3 is 0 Å². The maximum absolute atomic E-state index is 12.3. The summed E-state index contributed by atoms with van der Waals surface area (Å²) in [5, 5.41) is 5.59. The molecule has 0 saturated carbocycles. The number of ether oxygens (including phenoxy) is 1. The lowest BCUT2D eigenvalue weighted by Crippen LogP contribution is -2.23. The first-order valence-corrected chi connectivity index (χ1v) is 7.01. The minimum Gasteiger partial charge on any atom is -0.495 e. The third-order valence-corrected chi connectivity index (χ3v) is 3.42. The fourth-order valence-corrected chi connectivity index (χ4v) is 2.35. The Hall–Kier alpha value is -2.30. The number of hydrogen-bond acceptors (Lipinski definition) is 3. The number of nitrogens with one attached hydrogen (secondary N) is 2. The highest BCUT2D eigenvalue weighted by atomic mass is 16.5. The van der Waals surface area contributed by atoms with E-state index in [9.17, 15) is 9.59 Å². The zero-order valence-corrected chi connectivity index (χ0v) is 12.3. The van der Waals surface area contributed by atoms with Crippen LogP contribution < -0.4 is 15.4 Å². The van der Waals surface area contributed by atoms with E-state index < -0.39 is 0 Å². The van der Waals surface area contributed by atoms with Crippen molar-refractivity contribution >= 4 is 23.2 Å². The van der Waals surface area contributed by atoms with Crippen LogP contribution in [0.2, 0.25) is 0 Å². The molecule has 5 nitrogen and oxygen atoms in total. The molecule has 21 heavy (non-hydrogen) atoms. The quantitative estimate of drug-likeness (QED) is 0.837. The summed E-state index contributed by atoms with van der Waals surface area (Å²) in [4.78, 5) is 23.4. The van der Waals surface area contributed by atoms with Crippen LogP contribution in [0.4, 0.5) is 11.4 Å². The molecule has 0 heterocycles. The largest absolute Gasteiger partial charge is 0.495 e. The van der Waals surface area contributed by atoms with Gasteiger partial charge in [0.05, 0.1) is 12.8 Å². The molecule has 0 radical (unpaired) electrons. The topological polar surface area (TPSA) is 67.4 Å². The van der Waals surface area contributed by atoms with Crippen molar-refractivity contribution in [1.82, 2.24) is 0 Å². The van der Waals surface area contributed by atoms with Crippen LogP contribution in [0, 0.1) is 5.92 Å². The van der Waals surface area contributed by atoms with E-state index in [0.29, 0.717) is 17.1 Å². The Morgan fingerprint density at radius 1 is 1.24 bits per heavy atom. The minimum absolute atomic E-state index is 0.0101. The molecule has 0 bridgehead atoms. The molecule has 1 aromatic carbocycles. The number of benzene rings is 1. The SMILES string of the molecule is COc1ccc(NC(C)=O)cc1NC(=O)[C@@H]1CC=CCC1. The maximum atomic E-state index is 12.3. The molecule has 0 fully saturated rings. The zero-order valence-electron chi connectivity index (χ0n) is 12.3. The Labute approximate surface area is 124 Å². The first kappa shape index (κ1) is 15.1. The van der Waals surface area contributed by atoms with Crippen LogP contribution in [0.5, 0.6) is 5.75 Å². The summed E-state index contributed by atoms with van der Waals surface area (Å²) < 4.78 is 5.25. The average molecular weight is 288 g/mol. The zero-order chi connectivity index (χ0) is 15.2. The van der Waals surface area contributed by atoms with E-state index in [1.54, 1.807) is 25.3 Å². The van der Waals surface area contributed by atoms with Crippen LogP contribution >= 0.6 is 0 Å². The van der Waals surface area contributed by atoms with Crippen molar-refractivity contribution in [3.63, 3.8) is 0 Å². The third-order valence-electron chi connectivity index (χ3n) is 3.42. The standard InChI is InChI=1S/C16H20N2O3/c1-11(19)17-13-8-9-15(21-2)14(10-13)18-16(20)12-6-4-3-5-7-12/h3-4,8-10,12H,5-7H2,1-2H3,(H,17,19)(H,18,20)/t12-/m1/s1. The molecule has 0 aliphatic heterocycles. The number of allylic oxidation sites excluding steroid dienone is 2. The summed E-state index contributed by atoms with van der Waals surface area (Å²) in [5.74, 6) is 0.389. The van der Waals surface area contributed by atoms with Gasteiger partial charge in [0, 0.05) is 18.5 Å². The van der Waals surface area contributed by atoms with E-state index in [1.165, 1.54) is 6.92 Å². The van der Waals surface area contributed by atoms with Gasteiger partial charge in [-0.1, -0.05) is 12.2 Å². The summed E-state index contributed by atoms with van der Waals surface area (Å²) in [5.41, 5.74) is 1.20. The molecule has 1 aliphatic carbocycles. The van der Waals surface area contributed by atoms with E-state index in [1.807, 2.05) is 6.08 Å². The van der Waals surface area contributed by atoms with Crippen molar-refractivity contribution in [1.29, 1.82) is 0 Å². The lowest BCUT2D eigenvalue weighted by atomic mass is 9.93. The fraction of sp³-hybridized carbons (Fsp3) is 0.375. The molecule has 5 heteroatoms. The molecule has 0 spiro atoms. The average Bonchev–Trinajstić information content (AvgIpc) is 2.48. The predicted molar refractivity (Wildman–Crippen MR) is 82.4 cm³/mol. The normalized spacial score (nSPS) is 17.1. The summed E-state index contributed by atoms with van der Waals surface area (Å²) >= 11 is 0. The molecule has 1 atom stereocenters. The molecule has 0 aromatic heterocycles. The third kappa shape index (κ3) is 4.08. The predicted octanol–water partition coefficient (Wildman–Crippen LogP) is 2.95. The van der Waals surface area contributed by atoms with Crippen LogP contribution in [0.3, 0.4) is 0 Å². The molecule has 0 unspecified atom stereocenters. The fourth-order valence-electron chi connectivity index (χ4n) is 2.35. The van der Waals surface area contributed by atoms with Crippen LogP contribution in [-0.2, 0) is 9.59 Å². The van der Waals surface area contributed by atoms with Gasteiger partial charge in [0.25, 0.3) is 0 Å². The maximum Gasteiger partial charge on any atom is 0.227 e. The van der Waals surface area contributed by atoms with E-state index in [0.717, 1.165) is 19.3 Å². The monoisotopic (exact) mass is 288 g/mol. The molecule has 2 N–H and O–H groups in total. The number of methoxy groups -OCH3 is 1. The molecular weight excluding hydrogens is 268 g/mol. The molecule has 0 saturated heterocycles. The Morgan fingerprint density at radius 3 is 2.67 bits per heavy atom. The highest BCUT2D eigenvalue weighted by Gasteiger charge is 2.20. The van der Waals surface area contributed by atoms with Crippen molar-refractivity contribution in [2.24, 2.45) is 5.92 Å². The number of rotatable bonds is 4. The first-order chi connectivity index (χ1) is 10.1. The van der Waals surface area contributed by atoms with Gasteiger partial charge in [-0.3, -0.25) is 9.59 Å². The first-order valence-electron chi connectivity index (χ1n) is 7.01. The van der Waals surface area contributed by atoms with E-state index in [4.69, 9.17) is 4.74 Å². The highest BCUT2D eigenvalue weighted by Crippen LogP contribution is 2.29. The van der Waals surface area contributed by atoms with Gasteiger partial charge in [-0.05, 0) is 37.5 Å². The second-order valence-corrected chi connectivity index (χ2v) is 5.07. The molecular formula is C16H20N2O3. The number of amides is 2. The van der Waals surface area contributed by atoms with Crippen molar-refractivity contribution in [3.8, 4) is 5.75 Å². The van der Waals surface area contributed by atoms with Gasteiger partial charge < -0.3 is 15.4 Å². The van der Waals surface area contributed by atoms with Gasteiger partial charge in [0.15, 0.2) is 0 Å². The summed E-state index contributed by atoms with van der Waals surface area (Å²) in [6, 6.07) is 5.16. The second kappa shape index (κ2) is 6.92. The Balaban J connectivity index is 2.14. The molecule has 1 aliphatic rings. The van der Waals surface area contributed by atoms with Crippen molar-refractivity contribution in [3.05, 3.63) is 30.4 Å². The van der Waals surface area contributed by atoms with Crippen molar-refractivity contribution < 1.29 is 14.3 Å². The van der Waals surface area contributed by atoms with E-state index in [-0.39, 0.29) is 17.7 Å². The lowest BCUT2D eigenvalue weighted by Gasteiger charge is -2.19. The number of hydrogen-bond donors (Lipinski definition) is 2. The Morgan fingerprint density at radius 2 is 2.05 bits per heavy atom. The van der Waals surface area contributed by atoms with Crippen LogP contribution in [0.15, 0.2) is 30.4 Å². The van der Waals surface area contributed by atoms with Crippen molar-refractivity contribution in [2.45, 2.75) is 26.2 Å². The summed E-state index contributed by atoms with van der Waals surface area (Å²) in [6.45, 7) is 1.44. The molecule has 2 rings (SSSR count). The molecule has 2 amide bonds. The lowest BCUT2D eigenvalue weighted by molar-refractivity contribution is -0.120. The minimum atomic E-state index is -0.158. The number of anilines is 2. The summed E-state index contributed by atoms with van der Waals surface area (Å²) in [6.07, 6.45) is 6.69. The van der Waals surface area contributed by atoms with Gasteiger partial charge in [-0.25, -0.2) is 0 Å². The van der Waals surface area contributed by atoms with Gasteiger partial charge in [0.2, 0.25) is 11.8 Å². The van der Waals surface area contributed by atoms with Crippen molar-refractivity contribution in [2.75, 3.05) is 17.7 Å². The van der Waals surface area contributed by atoms with Crippen LogP contribution in [-0.4, -0.2) is 18.9 Å². The van der Waals surface area contributed by atoms with Gasteiger partial charge in [-0.15, -0.1) is 0 Å². The van der Waals surface area contributed by atoms with Crippen LogP contribution in [0.1, 0.15) is 26.2 Å². The Bertz CT molecular complexity index is 567. The second-order valence-electron chi connectivity index (χ2n) is 5.07. The number of carbonyl (C=O) groups is 2. The Kier molecular flexibility index (Phi) is 4.98. The summed E-state index contributed by atoms with van der Waals surface area (Å²) in [7, 11) is 1.55. The molecule has 112 valence electrons. The highest BCUT2D eigenvalue weighted by molar-refractivity contribution is 5.96. The van der Waals surface area contributed by atoms with E-state index >= 15 is 0 Å². The number of carbonyl (C=O) groups excluding carboxylic acids is 2. The molecule has 1 aromatic rings.